The third-order valence-corrected chi connectivity index (χ3v) is 2.14. The van der Waals surface area contributed by atoms with Gasteiger partial charge in [0.05, 0.1) is 11.3 Å². The van der Waals surface area contributed by atoms with Crippen molar-refractivity contribution in [2.45, 2.75) is 13.1 Å². The van der Waals surface area contributed by atoms with Crippen molar-refractivity contribution in [1.82, 2.24) is 0 Å². The minimum atomic E-state index is -4.78. The molecule has 0 amide bonds. The highest BCUT2D eigenvalue weighted by atomic mass is 32.3. The first-order valence-electron chi connectivity index (χ1n) is 4.48. The van der Waals surface area contributed by atoms with Crippen LogP contribution in [0.2, 0.25) is 0 Å². The van der Waals surface area contributed by atoms with Crippen LogP contribution in [0.25, 0.3) is 0 Å². The summed E-state index contributed by atoms with van der Waals surface area (Å²) in [7, 11) is -4.78. The number of benzene rings is 1. The largest absolute Gasteiger partial charge is 0.466 e. The Morgan fingerprint density at radius 3 is 2.50 bits per heavy atom. The number of oxime groups is 1. The van der Waals surface area contributed by atoms with Gasteiger partial charge < -0.3 is 0 Å². The average Bonchev–Trinajstić information content (AvgIpc) is 2.24. The van der Waals surface area contributed by atoms with Gasteiger partial charge in [-0.25, -0.2) is 4.28 Å². The van der Waals surface area contributed by atoms with Gasteiger partial charge >= 0.3 is 16.6 Å². The summed E-state index contributed by atoms with van der Waals surface area (Å²) in [4.78, 5) is 0. The third kappa shape index (κ3) is 4.34. The second-order valence-electron chi connectivity index (χ2n) is 3.26. The summed E-state index contributed by atoms with van der Waals surface area (Å²) >= 11 is 0. The molecule has 0 spiro atoms. The molecule has 0 saturated heterocycles. The number of rotatable bonds is 3. The predicted octanol–water partition coefficient (Wildman–Crippen LogP) is 2.25. The summed E-state index contributed by atoms with van der Waals surface area (Å²) in [6.45, 7) is 1.24. The zero-order valence-electron chi connectivity index (χ0n) is 8.97. The number of hydrogen-bond acceptors (Lipinski definition) is 4. The van der Waals surface area contributed by atoms with Crippen LogP contribution in [0.15, 0.2) is 29.4 Å². The molecule has 1 aromatic rings. The van der Waals surface area contributed by atoms with Gasteiger partial charge in [-0.05, 0) is 24.6 Å². The number of nitrogens with zero attached hydrogens (tertiary/aromatic N) is 1. The highest BCUT2D eigenvalue weighted by Crippen LogP contribution is 2.29. The van der Waals surface area contributed by atoms with Crippen molar-refractivity contribution >= 4 is 16.1 Å². The first-order valence-corrected chi connectivity index (χ1v) is 5.84. The highest BCUT2D eigenvalue weighted by molar-refractivity contribution is 7.80. The van der Waals surface area contributed by atoms with Gasteiger partial charge in [0.2, 0.25) is 0 Å². The maximum Gasteiger partial charge on any atom is 0.466 e. The van der Waals surface area contributed by atoms with Gasteiger partial charge in [0.15, 0.2) is 0 Å². The average molecular weight is 283 g/mol. The van der Waals surface area contributed by atoms with Gasteiger partial charge in [-0.1, -0.05) is 17.3 Å². The molecule has 5 nitrogen and oxygen atoms in total. The summed E-state index contributed by atoms with van der Waals surface area (Å²) in [5.74, 6) is 0. The fourth-order valence-electron chi connectivity index (χ4n) is 1.08. The van der Waals surface area contributed by atoms with Crippen molar-refractivity contribution in [3.63, 3.8) is 0 Å². The van der Waals surface area contributed by atoms with E-state index in [9.17, 15) is 21.6 Å². The lowest BCUT2D eigenvalue weighted by Crippen LogP contribution is -2.07. The van der Waals surface area contributed by atoms with Crippen molar-refractivity contribution in [1.29, 1.82) is 0 Å². The smallest absolute Gasteiger partial charge is 0.253 e. The number of alkyl halides is 3. The monoisotopic (exact) mass is 283 g/mol. The van der Waals surface area contributed by atoms with Crippen molar-refractivity contribution < 1.29 is 30.4 Å². The van der Waals surface area contributed by atoms with Crippen molar-refractivity contribution in [3.05, 3.63) is 35.4 Å². The normalized spacial score (nSPS) is 13.5. The molecule has 0 aliphatic carbocycles. The van der Waals surface area contributed by atoms with Gasteiger partial charge in [0.1, 0.15) is 0 Å². The van der Waals surface area contributed by atoms with E-state index in [2.05, 4.69) is 9.44 Å². The maximum absolute atomic E-state index is 12.4. The van der Waals surface area contributed by atoms with Crippen molar-refractivity contribution in [3.8, 4) is 0 Å². The van der Waals surface area contributed by atoms with E-state index in [-0.39, 0.29) is 11.3 Å². The number of halogens is 3. The Balaban J connectivity index is 3.04. The Kier molecular flexibility index (Phi) is 3.97. The maximum atomic E-state index is 12.4. The van der Waals surface area contributed by atoms with Crippen LogP contribution in [0.1, 0.15) is 18.1 Å². The summed E-state index contributed by atoms with van der Waals surface area (Å²) in [5.41, 5.74) is -1.01. The summed E-state index contributed by atoms with van der Waals surface area (Å²) in [5, 5.41) is 3.00. The standard InChI is InChI=1S/C9H8F3NO4S/c1-6(13-17-18(14,15)16)7-3-2-4-8(5-7)9(10,11)12/h2-5H,1H3,(H,14,15,16)/b13-6+. The predicted molar refractivity (Wildman–Crippen MR) is 56.3 cm³/mol. The minimum absolute atomic E-state index is 0.0217. The van der Waals surface area contributed by atoms with E-state index >= 15 is 0 Å². The second-order valence-corrected chi connectivity index (χ2v) is 4.26. The quantitative estimate of drug-likeness (QED) is 0.524. The summed E-state index contributed by atoms with van der Waals surface area (Å²) < 4.78 is 69.6. The third-order valence-electron chi connectivity index (χ3n) is 1.88. The fourth-order valence-corrected chi connectivity index (χ4v) is 1.28. The molecule has 0 radical (unpaired) electrons. The SMILES string of the molecule is C/C(=N\OS(=O)(=O)O)c1cccc(C(F)(F)F)c1. The molecular formula is C9H8F3NO4S. The van der Waals surface area contributed by atoms with Gasteiger partial charge in [0.25, 0.3) is 0 Å². The van der Waals surface area contributed by atoms with Gasteiger partial charge in [0, 0.05) is 0 Å². The summed E-state index contributed by atoms with van der Waals surface area (Å²) in [6, 6.07) is 4.08. The lowest BCUT2D eigenvalue weighted by molar-refractivity contribution is -0.137. The summed E-state index contributed by atoms with van der Waals surface area (Å²) in [6.07, 6.45) is -4.51. The van der Waals surface area contributed by atoms with Crippen molar-refractivity contribution in [2.24, 2.45) is 5.16 Å². The molecule has 0 unspecified atom stereocenters. The molecule has 9 heteroatoms. The van der Waals surface area contributed by atoms with E-state index in [4.69, 9.17) is 4.55 Å². The second kappa shape index (κ2) is 4.94. The van der Waals surface area contributed by atoms with E-state index in [1.807, 2.05) is 0 Å². The molecular weight excluding hydrogens is 275 g/mol. The zero-order chi connectivity index (χ0) is 14.0. The van der Waals surface area contributed by atoms with Crippen LogP contribution >= 0.6 is 0 Å². The highest BCUT2D eigenvalue weighted by Gasteiger charge is 2.30. The number of hydrogen-bond donors (Lipinski definition) is 1. The van der Waals surface area contributed by atoms with Gasteiger partial charge in [-0.3, -0.25) is 4.55 Å². The van der Waals surface area contributed by atoms with Crippen LogP contribution in [0.3, 0.4) is 0 Å². The van der Waals surface area contributed by atoms with Gasteiger partial charge in [-0.2, -0.15) is 21.6 Å². The Hall–Kier alpha value is -1.61. The molecule has 0 atom stereocenters. The van der Waals surface area contributed by atoms with Crippen LogP contribution in [-0.2, 0) is 20.9 Å². The Bertz CT molecular complexity index is 565. The van der Waals surface area contributed by atoms with E-state index in [0.717, 1.165) is 18.2 Å². The van der Waals surface area contributed by atoms with E-state index < -0.39 is 22.1 Å². The van der Waals surface area contributed by atoms with Crippen LogP contribution in [0.4, 0.5) is 13.2 Å². The van der Waals surface area contributed by atoms with E-state index in [0.29, 0.717) is 0 Å². The Morgan fingerprint density at radius 1 is 1.39 bits per heavy atom. The Labute approximate surface area is 101 Å². The van der Waals surface area contributed by atoms with Gasteiger partial charge in [-0.15, -0.1) is 0 Å². The molecule has 0 aliphatic heterocycles. The molecule has 1 rings (SSSR count). The minimum Gasteiger partial charge on any atom is -0.253 e. The van der Waals surface area contributed by atoms with Crippen LogP contribution in [0, 0.1) is 0 Å². The van der Waals surface area contributed by atoms with Crippen LogP contribution in [-0.4, -0.2) is 18.7 Å². The molecule has 0 fully saturated rings. The molecule has 1 aromatic carbocycles. The molecule has 18 heavy (non-hydrogen) atoms. The lowest BCUT2D eigenvalue weighted by Gasteiger charge is -2.08. The fraction of sp³-hybridized carbons (Fsp3) is 0.222. The Morgan fingerprint density at radius 2 is 2.00 bits per heavy atom. The molecule has 0 bridgehead atoms. The van der Waals surface area contributed by atoms with E-state index in [1.54, 1.807) is 0 Å². The van der Waals surface area contributed by atoms with Crippen LogP contribution < -0.4 is 0 Å². The molecule has 0 saturated carbocycles. The first kappa shape index (κ1) is 14.5. The lowest BCUT2D eigenvalue weighted by atomic mass is 10.1. The van der Waals surface area contributed by atoms with Crippen molar-refractivity contribution in [2.75, 3.05) is 0 Å². The first-order chi connectivity index (χ1) is 8.09. The molecule has 0 aliphatic rings. The molecule has 0 aromatic heterocycles. The molecule has 100 valence electrons. The molecule has 1 N–H and O–H groups in total. The topological polar surface area (TPSA) is 76.0 Å². The van der Waals surface area contributed by atoms with E-state index in [1.165, 1.54) is 13.0 Å². The zero-order valence-corrected chi connectivity index (χ0v) is 9.79. The van der Waals surface area contributed by atoms with Crippen LogP contribution in [0.5, 0.6) is 0 Å². The molecule has 0 heterocycles.